The number of likely N-dealkylation sites (tertiary alicyclic amines) is 1. The monoisotopic (exact) mass is 475 g/mol. The van der Waals surface area contributed by atoms with Crippen molar-refractivity contribution in [1.82, 2.24) is 9.47 Å². The highest BCUT2D eigenvalue weighted by Crippen LogP contribution is 2.42. The summed E-state index contributed by atoms with van der Waals surface area (Å²) in [6.07, 6.45) is 1.68. The molecule has 1 amide bonds. The van der Waals surface area contributed by atoms with Gasteiger partial charge < -0.3 is 24.4 Å². The Kier molecular flexibility index (Phi) is 5.33. The maximum atomic E-state index is 14.1. The van der Waals surface area contributed by atoms with Gasteiger partial charge in [0.1, 0.15) is 17.5 Å². The number of para-hydroxylation sites is 1. The third kappa shape index (κ3) is 3.88. The fourth-order valence-corrected chi connectivity index (χ4v) is 5.45. The van der Waals surface area contributed by atoms with Gasteiger partial charge in [0.25, 0.3) is 5.91 Å². The summed E-state index contributed by atoms with van der Waals surface area (Å²) in [4.78, 5) is 14.8. The van der Waals surface area contributed by atoms with Gasteiger partial charge in [-0.2, -0.15) is 0 Å². The molecule has 35 heavy (non-hydrogen) atoms. The summed E-state index contributed by atoms with van der Waals surface area (Å²) in [6, 6.07) is 13.7. The van der Waals surface area contributed by atoms with Gasteiger partial charge in [0.2, 0.25) is 0 Å². The van der Waals surface area contributed by atoms with Gasteiger partial charge in [-0.25, -0.2) is 4.39 Å². The van der Waals surface area contributed by atoms with E-state index in [1.54, 1.807) is 19.2 Å². The number of amides is 1. The molecule has 6 rings (SSSR count). The number of piperidine rings is 1. The van der Waals surface area contributed by atoms with Crippen LogP contribution < -0.4 is 10.5 Å². The molecule has 2 aromatic carbocycles. The largest absolute Gasteiger partial charge is 0.496 e. The lowest BCUT2D eigenvalue weighted by molar-refractivity contribution is 0.0606. The van der Waals surface area contributed by atoms with Gasteiger partial charge in [-0.3, -0.25) is 4.79 Å². The summed E-state index contributed by atoms with van der Waals surface area (Å²) in [6.45, 7) is 3.38. The maximum Gasteiger partial charge on any atom is 0.254 e. The van der Waals surface area contributed by atoms with Crippen molar-refractivity contribution >= 4 is 27.8 Å². The van der Waals surface area contributed by atoms with Crippen LogP contribution in [0.25, 0.3) is 33.3 Å². The number of methoxy groups -OCH3 is 1. The fourth-order valence-electron chi connectivity index (χ4n) is 5.45. The van der Waals surface area contributed by atoms with Crippen molar-refractivity contribution in [2.45, 2.75) is 44.9 Å². The van der Waals surface area contributed by atoms with Crippen LogP contribution >= 0.6 is 0 Å². The zero-order valence-corrected chi connectivity index (χ0v) is 20.1. The number of nitrogens with zero attached hydrogens (tertiary/aromatic N) is 2. The van der Waals surface area contributed by atoms with Crippen LogP contribution in [-0.4, -0.2) is 47.8 Å². The zero-order valence-electron chi connectivity index (χ0n) is 20.1. The Morgan fingerprint density at radius 1 is 1.20 bits per heavy atom. The quantitative estimate of drug-likeness (QED) is 0.426. The average molecular weight is 476 g/mol. The number of hydrogen-bond acceptors (Lipinski definition) is 4. The Morgan fingerprint density at radius 3 is 2.74 bits per heavy atom. The lowest BCUT2D eigenvalue weighted by Crippen LogP contribution is -2.50. The lowest BCUT2D eigenvalue weighted by atomic mass is 10.0. The van der Waals surface area contributed by atoms with Crippen molar-refractivity contribution in [2.24, 2.45) is 11.7 Å². The second-order valence-corrected chi connectivity index (χ2v) is 10.1. The normalized spacial score (nSPS) is 20.6. The van der Waals surface area contributed by atoms with Crippen LogP contribution in [0.4, 0.5) is 4.39 Å². The number of halogens is 1. The molecule has 4 aromatic rings. The van der Waals surface area contributed by atoms with E-state index in [0.717, 1.165) is 28.9 Å². The summed E-state index contributed by atoms with van der Waals surface area (Å²) in [7, 11) is 1.59. The summed E-state index contributed by atoms with van der Waals surface area (Å²) in [5.41, 5.74) is 10.2. The standard InChI is InChI=1S/C28H30FN3O3/c1-16-26-24(34-2)10-19(28(33)31-14-20(29)12-21(30)15-31)11-25(26)35-27(16)23-9-18-5-3-4-6-22(18)32(23)13-17-7-8-17/h3-6,9-11,17,20-21H,7-8,12-15,30H2,1-2H3/t20-,21-/m1/s1. The van der Waals surface area contributed by atoms with E-state index in [-0.39, 0.29) is 24.9 Å². The molecule has 0 bridgehead atoms. The van der Waals surface area contributed by atoms with E-state index in [1.807, 2.05) is 6.92 Å². The van der Waals surface area contributed by atoms with E-state index in [0.29, 0.717) is 29.4 Å². The second-order valence-electron chi connectivity index (χ2n) is 10.1. The number of aryl methyl sites for hydroxylation is 1. The van der Waals surface area contributed by atoms with Crippen LogP contribution in [0.3, 0.4) is 0 Å². The SMILES string of the molecule is COc1cc(C(=O)N2C[C@H](N)C[C@@H](F)C2)cc2oc(-c3cc4ccccc4n3CC3CC3)c(C)c12. The molecule has 1 saturated heterocycles. The first-order valence-corrected chi connectivity index (χ1v) is 12.3. The Hall–Kier alpha value is -3.32. The highest BCUT2D eigenvalue weighted by Gasteiger charge is 2.30. The molecule has 2 atom stereocenters. The molecule has 7 heteroatoms. The van der Waals surface area contributed by atoms with E-state index >= 15 is 0 Å². The molecule has 2 aromatic heterocycles. The average Bonchev–Trinajstić information content (AvgIpc) is 3.51. The maximum absolute atomic E-state index is 14.1. The first kappa shape index (κ1) is 22.2. The molecule has 1 saturated carbocycles. The number of hydrogen-bond donors (Lipinski definition) is 1. The molecule has 6 nitrogen and oxygen atoms in total. The number of aromatic nitrogens is 1. The van der Waals surface area contributed by atoms with E-state index in [4.69, 9.17) is 14.9 Å². The van der Waals surface area contributed by atoms with Gasteiger partial charge in [-0.05, 0) is 56.4 Å². The fraction of sp³-hybridized carbons (Fsp3) is 0.393. The van der Waals surface area contributed by atoms with Gasteiger partial charge in [0.15, 0.2) is 5.76 Å². The molecule has 2 aliphatic rings. The molecule has 0 spiro atoms. The number of carbonyl (C=O) groups excluding carboxylic acids is 1. The van der Waals surface area contributed by atoms with Crippen LogP contribution in [-0.2, 0) is 6.54 Å². The number of fused-ring (bicyclic) bond motifs is 2. The van der Waals surface area contributed by atoms with E-state index < -0.39 is 6.17 Å². The van der Waals surface area contributed by atoms with E-state index in [2.05, 4.69) is 34.9 Å². The van der Waals surface area contributed by atoms with Crippen molar-refractivity contribution in [3.63, 3.8) is 0 Å². The minimum absolute atomic E-state index is 0.0522. The second kappa shape index (κ2) is 8.41. The predicted octanol–water partition coefficient (Wildman–Crippen LogP) is 5.29. The number of alkyl halides is 1. The van der Waals surface area contributed by atoms with Crippen LogP contribution in [0.1, 0.15) is 35.2 Å². The zero-order chi connectivity index (χ0) is 24.3. The number of nitrogens with two attached hydrogens (primary N) is 1. The molecular formula is C28H30FN3O3. The number of furan rings is 1. The molecule has 182 valence electrons. The van der Waals surface area contributed by atoms with Crippen molar-refractivity contribution in [1.29, 1.82) is 0 Å². The summed E-state index contributed by atoms with van der Waals surface area (Å²) >= 11 is 0. The number of ether oxygens (including phenoxy) is 1. The minimum Gasteiger partial charge on any atom is -0.496 e. The first-order chi connectivity index (χ1) is 16.9. The van der Waals surface area contributed by atoms with Crippen molar-refractivity contribution in [3.8, 4) is 17.2 Å². The van der Waals surface area contributed by atoms with Crippen LogP contribution in [0, 0.1) is 12.8 Å². The van der Waals surface area contributed by atoms with Gasteiger partial charge in [0, 0.05) is 41.2 Å². The molecule has 2 fully saturated rings. The first-order valence-electron chi connectivity index (χ1n) is 12.3. The van der Waals surface area contributed by atoms with Crippen LogP contribution in [0.5, 0.6) is 5.75 Å². The Bertz CT molecular complexity index is 1420. The van der Waals surface area contributed by atoms with Crippen LogP contribution in [0.2, 0.25) is 0 Å². The van der Waals surface area contributed by atoms with Gasteiger partial charge >= 0.3 is 0 Å². The topological polar surface area (TPSA) is 73.6 Å². The number of rotatable bonds is 5. The molecule has 3 heterocycles. The minimum atomic E-state index is -1.11. The Balaban J connectivity index is 1.46. The highest BCUT2D eigenvalue weighted by molar-refractivity contribution is 6.02. The third-order valence-electron chi connectivity index (χ3n) is 7.36. The van der Waals surface area contributed by atoms with Crippen LogP contribution in [0.15, 0.2) is 46.9 Å². The summed E-state index contributed by atoms with van der Waals surface area (Å²) in [5.74, 6) is 1.79. The van der Waals surface area contributed by atoms with E-state index in [9.17, 15) is 9.18 Å². The van der Waals surface area contributed by atoms with Gasteiger partial charge in [0.05, 0.1) is 24.7 Å². The number of benzene rings is 2. The Labute approximate surface area is 203 Å². The third-order valence-corrected chi connectivity index (χ3v) is 7.36. The van der Waals surface area contributed by atoms with Crippen molar-refractivity contribution in [3.05, 3.63) is 53.6 Å². The highest BCUT2D eigenvalue weighted by atomic mass is 19.1. The molecule has 1 aliphatic carbocycles. The van der Waals surface area contributed by atoms with Crippen molar-refractivity contribution in [2.75, 3.05) is 20.2 Å². The summed E-state index contributed by atoms with van der Waals surface area (Å²) < 4.78 is 28.6. The summed E-state index contributed by atoms with van der Waals surface area (Å²) in [5, 5.41) is 2.02. The van der Waals surface area contributed by atoms with Crippen molar-refractivity contribution < 1.29 is 18.3 Å². The lowest BCUT2D eigenvalue weighted by Gasteiger charge is -2.33. The predicted molar refractivity (Wildman–Crippen MR) is 135 cm³/mol. The molecule has 0 radical (unpaired) electrons. The molecule has 0 unspecified atom stereocenters. The van der Waals surface area contributed by atoms with Gasteiger partial charge in [-0.1, -0.05) is 18.2 Å². The Morgan fingerprint density at radius 2 is 2.00 bits per heavy atom. The smallest absolute Gasteiger partial charge is 0.254 e. The number of carbonyl (C=O) groups is 1. The van der Waals surface area contributed by atoms with Gasteiger partial charge in [-0.15, -0.1) is 0 Å². The molecule has 1 aliphatic heterocycles. The molecular weight excluding hydrogens is 445 g/mol. The molecule has 2 N–H and O–H groups in total. The van der Waals surface area contributed by atoms with E-state index in [1.165, 1.54) is 28.6 Å².